The third kappa shape index (κ3) is 1.78. The monoisotopic (exact) mass is 189 g/mol. The van der Waals surface area contributed by atoms with Crippen molar-refractivity contribution >= 4 is 11.3 Å². The molecule has 66 valence electrons. The quantitative estimate of drug-likeness (QED) is 0.705. The topological polar surface area (TPSA) is 12.9 Å². The van der Waals surface area contributed by atoms with Gasteiger partial charge in [-0.05, 0) is 35.6 Å². The summed E-state index contributed by atoms with van der Waals surface area (Å²) in [7, 11) is 0. The van der Waals surface area contributed by atoms with Crippen molar-refractivity contribution in [1.29, 1.82) is 0 Å². The van der Waals surface area contributed by atoms with Crippen molar-refractivity contribution in [3.63, 3.8) is 0 Å². The van der Waals surface area contributed by atoms with Crippen LogP contribution >= 0.6 is 11.3 Å². The summed E-state index contributed by atoms with van der Waals surface area (Å²) in [5.41, 5.74) is 3.65. The number of pyridine rings is 1. The molecule has 0 fully saturated rings. The fraction of sp³-hybridized carbons (Fsp3) is 0.182. The number of hydrogen-bond donors (Lipinski definition) is 0. The Morgan fingerprint density at radius 2 is 2.31 bits per heavy atom. The molecule has 13 heavy (non-hydrogen) atoms. The van der Waals surface area contributed by atoms with E-state index < -0.39 is 0 Å². The number of nitrogens with zero attached hydrogens (tertiary/aromatic N) is 1. The summed E-state index contributed by atoms with van der Waals surface area (Å²) in [4.78, 5) is 4.34. The standard InChI is InChI=1S/C11H11NS/c1-2-9-3-5-12-11(7-9)10-4-6-13-8-10/h3-8H,2H2,1H3. The molecule has 0 saturated heterocycles. The Balaban J connectivity index is 2.41. The summed E-state index contributed by atoms with van der Waals surface area (Å²) in [6.45, 7) is 2.16. The van der Waals surface area contributed by atoms with Crippen LogP contribution in [0.5, 0.6) is 0 Å². The zero-order valence-corrected chi connectivity index (χ0v) is 8.34. The molecule has 1 nitrogen and oxygen atoms in total. The van der Waals surface area contributed by atoms with Crippen molar-refractivity contribution in [2.24, 2.45) is 0 Å². The van der Waals surface area contributed by atoms with Crippen LogP contribution in [-0.2, 0) is 6.42 Å². The first kappa shape index (κ1) is 8.45. The second-order valence-corrected chi connectivity index (χ2v) is 3.69. The number of aryl methyl sites for hydroxylation is 1. The van der Waals surface area contributed by atoms with E-state index in [1.165, 1.54) is 11.1 Å². The lowest BCUT2D eigenvalue weighted by Crippen LogP contribution is -1.84. The van der Waals surface area contributed by atoms with Crippen LogP contribution in [0.3, 0.4) is 0 Å². The van der Waals surface area contributed by atoms with Gasteiger partial charge in [-0.15, -0.1) is 0 Å². The molecule has 2 heteroatoms. The minimum absolute atomic E-state index is 1.07. The van der Waals surface area contributed by atoms with E-state index in [-0.39, 0.29) is 0 Å². The van der Waals surface area contributed by atoms with E-state index in [2.05, 4.69) is 40.9 Å². The maximum Gasteiger partial charge on any atom is 0.0713 e. The lowest BCUT2D eigenvalue weighted by Gasteiger charge is -1.99. The van der Waals surface area contributed by atoms with Gasteiger partial charge in [-0.3, -0.25) is 4.98 Å². The highest BCUT2D eigenvalue weighted by Gasteiger charge is 1.99. The van der Waals surface area contributed by atoms with Gasteiger partial charge in [-0.2, -0.15) is 11.3 Å². The molecule has 0 unspecified atom stereocenters. The maximum atomic E-state index is 4.34. The molecule has 2 aromatic rings. The zero-order chi connectivity index (χ0) is 9.10. The molecular formula is C11H11NS. The average Bonchev–Trinajstić information content (AvgIpc) is 2.71. The highest BCUT2D eigenvalue weighted by atomic mass is 32.1. The Hall–Kier alpha value is -1.15. The van der Waals surface area contributed by atoms with Crippen LogP contribution in [0.1, 0.15) is 12.5 Å². The van der Waals surface area contributed by atoms with Crippen molar-refractivity contribution in [2.75, 3.05) is 0 Å². The lowest BCUT2D eigenvalue weighted by molar-refractivity contribution is 1.12. The van der Waals surface area contributed by atoms with E-state index in [4.69, 9.17) is 0 Å². The van der Waals surface area contributed by atoms with Gasteiger partial charge >= 0.3 is 0 Å². The highest BCUT2D eigenvalue weighted by Crippen LogP contribution is 2.20. The van der Waals surface area contributed by atoms with Crippen LogP contribution in [-0.4, -0.2) is 4.98 Å². The summed E-state index contributed by atoms with van der Waals surface area (Å²) < 4.78 is 0. The molecule has 0 aliphatic carbocycles. The molecule has 0 aromatic carbocycles. The molecule has 0 spiro atoms. The number of rotatable bonds is 2. The molecule has 0 aliphatic rings. The molecule has 0 N–H and O–H groups in total. The smallest absolute Gasteiger partial charge is 0.0713 e. The second-order valence-electron chi connectivity index (χ2n) is 2.91. The molecule has 2 heterocycles. The van der Waals surface area contributed by atoms with Crippen molar-refractivity contribution in [3.8, 4) is 11.3 Å². The minimum Gasteiger partial charge on any atom is -0.256 e. The minimum atomic E-state index is 1.07. The summed E-state index contributed by atoms with van der Waals surface area (Å²) in [6.07, 6.45) is 2.95. The van der Waals surface area contributed by atoms with E-state index in [1.54, 1.807) is 11.3 Å². The van der Waals surface area contributed by atoms with Crippen LogP contribution < -0.4 is 0 Å². The molecule has 0 bridgehead atoms. The summed E-state index contributed by atoms with van der Waals surface area (Å²) >= 11 is 1.71. The first-order valence-corrected chi connectivity index (χ1v) is 5.32. The van der Waals surface area contributed by atoms with Gasteiger partial charge in [0.2, 0.25) is 0 Å². The van der Waals surface area contributed by atoms with Crippen LogP contribution in [0.4, 0.5) is 0 Å². The summed E-state index contributed by atoms with van der Waals surface area (Å²) in [6, 6.07) is 6.32. The Morgan fingerprint density at radius 1 is 1.38 bits per heavy atom. The van der Waals surface area contributed by atoms with Gasteiger partial charge in [0.25, 0.3) is 0 Å². The third-order valence-corrected chi connectivity index (χ3v) is 2.73. The molecule has 0 aliphatic heterocycles. The lowest BCUT2D eigenvalue weighted by atomic mass is 10.1. The Labute approximate surface area is 82.1 Å². The van der Waals surface area contributed by atoms with Crippen LogP contribution in [0.15, 0.2) is 35.2 Å². The molecular weight excluding hydrogens is 178 g/mol. The molecule has 0 atom stereocenters. The molecule has 2 aromatic heterocycles. The Morgan fingerprint density at radius 3 is 3.00 bits per heavy atom. The van der Waals surface area contributed by atoms with E-state index in [1.807, 2.05) is 6.20 Å². The first-order valence-electron chi connectivity index (χ1n) is 4.37. The third-order valence-electron chi connectivity index (χ3n) is 2.05. The van der Waals surface area contributed by atoms with Gasteiger partial charge < -0.3 is 0 Å². The van der Waals surface area contributed by atoms with Crippen LogP contribution in [0.25, 0.3) is 11.3 Å². The fourth-order valence-electron chi connectivity index (χ4n) is 1.26. The largest absolute Gasteiger partial charge is 0.256 e. The Bertz CT molecular complexity index is 379. The zero-order valence-electron chi connectivity index (χ0n) is 7.53. The van der Waals surface area contributed by atoms with Crippen molar-refractivity contribution < 1.29 is 0 Å². The molecule has 0 saturated carbocycles. The van der Waals surface area contributed by atoms with Crippen LogP contribution in [0.2, 0.25) is 0 Å². The average molecular weight is 189 g/mol. The van der Waals surface area contributed by atoms with E-state index in [0.717, 1.165) is 12.1 Å². The highest BCUT2D eigenvalue weighted by molar-refractivity contribution is 7.08. The molecule has 0 amide bonds. The SMILES string of the molecule is CCc1ccnc(-c2ccsc2)c1. The summed E-state index contributed by atoms with van der Waals surface area (Å²) in [5.74, 6) is 0. The molecule has 0 radical (unpaired) electrons. The predicted octanol–water partition coefficient (Wildman–Crippen LogP) is 3.37. The van der Waals surface area contributed by atoms with Gasteiger partial charge in [0.05, 0.1) is 5.69 Å². The van der Waals surface area contributed by atoms with Gasteiger partial charge in [-0.1, -0.05) is 6.92 Å². The Kier molecular flexibility index (Phi) is 2.41. The van der Waals surface area contributed by atoms with Crippen molar-refractivity contribution in [3.05, 3.63) is 40.7 Å². The summed E-state index contributed by atoms with van der Waals surface area (Å²) in [5, 5.41) is 4.21. The predicted molar refractivity (Wildman–Crippen MR) is 56.9 cm³/mol. The second kappa shape index (κ2) is 3.71. The number of hydrogen-bond acceptors (Lipinski definition) is 2. The number of aromatic nitrogens is 1. The van der Waals surface area contributed by atoms with Crippen LogP contribution in [0, 0.1) is 0 Å². The van der Waals surface area contributed by atoms with Gasteiger partial charge in [0, 0.05) is 17.1 Å². The maximum absolute atomic E-state index is 4.34. The molecule has 2 rings (SSSR count). The van der Waals surface area contributed by atoms with Crippen molar-refractivity contribution in [2.45, 2.75) is 13.3 Å². The first-order chi connectivity index (χ1) is 6.40. The van der Waals surface area contributed by atoms with Crippen molar-refractivity contribution in [1.82, 2.24) is 4.98 Å². The van der Waals surface area contributed by atoms with Gasteiger partial charge in [0.15, 0.2) is 0 Å². The van der Waals surface area contributed by atoms with E-state index in [0.29, 0.717) is 0 Å². The van der Waals surface area contributed by atoms with E-state index >= 15 is 0 Å². The number of thiophene rings is 1. The van der Waals surface area contributed by atoms with E-state index in [9.17, 15) is 0 Å². The van der Waals surface area contributed by atoms with Gasteiger partial charge in [0.1, 0.15) is 0 Å². The van der Waals surface area contributed by atoms with Gasteiger partial charge in [-0.25, -0.2) is 0 Å². The fourth-order valence-corrected chi connectivity index (χ4v) is 1.91. The normalized spacial score (nSPS) is 10.2.